The van der Waals surface area contributed by atoms with Crippen LogP contribution in [0.25, 0.3) is 0 Å². The predicted molar refractivity (Wildman–Crippen MR) is 99.6 cm³/mol. The molecule has 2 aliphatic heterocycles. The fourth-order valence-corrected chi connectivity index (χ4v) is 4.26. The van der Waals surface area contributed by atoms with Crippen molar-refractivity contribution in [1.82, 2.24) is 15.5 Å². The van der Waals surface area contributed by atoms with Crippen molar-refractivity contribution >= 4 is 17.7 Å². The summed E-state index contributed by atoms with van der Waals surface area (Å²) in [6, 6.07) is 5.15. The Labute approximate surface area is 158 Å². The minimum atomic E-state index is -0.570. The number of benzene rings is 1. The van der Waals surface area contributed by atoms with Crippen molar-refractivity contribution in [2.24, 2.45) is 5.73 Å². The van der Waals surface area contributed by atoms with E-state index in [0.717, 1.165) is 36.9 Å². The van der Waals surface area contributed by atoms with E-state index in [9.17, 15) is 14.4 Å². The normalized spacial score (nSPS) is 23.8. The van der Waals surface area contributed by atoms with Gasteiger partial charge in [0.15, 0.2) is 0 Å². The summed E-state index contributed by atoms with van der Waals surface area (Å²) >= 11 is 0. The van der Waals surface area contributed by atoms with Gasteiger partial charge in [0.2, 0.25) is 11.8 Å². The molecule has 1 atom stereocenters. The lowest BCUT2D eigenvalue weighted by Gasteiger charge is -2.38. The van der Waals surface area contributed by atoms with Crippen molar-refractivity contribution < 1.29 is 14.4 Å². The van der Waals surface area contributed by atoms with E-state index in [1.807, 2.05) is 18.2 Å². The lowest BCUT2D eigenvalue weighted by Crippen LogP contribution is -2.52. The van der Waals surface area contributed by atoms with Crippen LogP contribution in [0.1, 0.15) is 60.0 Å². The Balaban J connectivity index is 1.41. The number of hydrogen-bond donors (Lipinski definition) is 3. The van der Waals surface area contributed by atoms with E-state index in [0.29, 0.717) is 25.1 Å². The second-order valence-corrected chi connectivity index (χ2v) is 7.99. The highest BCUT2D eigenvalue weighted by Crippen LogP contribution is 2.32. The van der Waals surface area contributed by atoms with Crippen LogP contribution in [-0.2, 0) is 22.7 Å². The Morgan fingerprint density at radius 1 is 1.26 bits per heavy atom. The maximum absolute atomic E-state index is 12.8. The molecule has 1 unspecified atom stereocenters. The molecule has 144 valence electrons. The molecule has 7 nitrogen and oxygen atoms in total. The molecule has 1 aromatic carbocycles. The van der Waals surface area contributed by atoms with Gasteiger partial charge in [-0.25, -0.2) is 0 Å². The fraction of sp³-hybridized carbons (Fsp3) is 0.550. The molecule has 2 fully saturated rings. The zero-order valence-corrected chi connectivity index (χ0v) is 15.4. The van der Waals surface area contributed by atoms with Gasteiger partial charge in [0, 0.05) is 30.6 Å². The molecule has 3 aliphatic rings. The summed E-state index contributed by atoms with van der Waals surface area (Å²) in [5.74, 6) is -0.771. The Morgan fingerprint density at radius 2 is 2.07 bits per heavy atom. The molecule has 4 N–H and O–H groups in total. The molecule has 0 spiro atoms. The summed E-state index contributed by atoms with van der Waals surface area (Å²) in [6.45, 7) is 1.94. The third kappa shape index (κ3) is 3.49. The maximum Gasteiger partial charge on any atom is 0.255 e. The lowest BCUT2D eigenvalue weighted by atomic mass is 9.75. The quantitative estimate of drug-likeness (QED) is 0.508. The zero-order chi connectivity index (χ0) is 19.0. The number of amides is 3. The number of piperidine rings is 1. The largest absolute Gasteiger partial charge is 0.325 e. The van der Waals surface area contributed by atoms with Crippen LogP contribution in [0.2, 0.25) is 0 Å². The number of nitrogens with one attached hydrogen (secondary N) is 2. The maximum atomic E-state index is 12.8. The minimum absolute atomic E-state index is 0.00415. The van der Waals surface area contributed by atoms with Crippen LogP contribution in [0, 0.1) is 0 Å². The van der Waals surface area contributed by atoms with Crippen molar-refractivity contribution in [3.63, 3.8) is 0 Å². The second-order valence-electron chi connectivity index (χ2n) is 7.99. The number of carbonyl (C=O) groups excluding carboxylic acids is 3. The van der Waals surface area contributed by atoms with Gasteiger partial charge in [-0.3, -0.25) is 19.7 Å². The molecule has 1 aromatic rings. The minimum Gasteiger partial charge on any atom is -0.325 e. The highest BCUT2D eigenvalue weighted by atomic mass is 16.2. The van der Waals surface area contributed by atoms with Gasteiger partial charge in [-0.05, 0) is 55.8 Å². The molecule has 0 aromatic heterocycles. The molecular weight excluding hydrogens is 344 g/mol. The number of carbonyl (C=O) groups is 3. The van der Waals surface area contributed by atoms with E-state index in [-0.39, 0.29) is 29.7 Å². The van der Waals surface area contributed by atoms with Gasteiger partial charge in [0.05, 0.1) is 0 Å². The van der Waals surface area contributed by atoms with Crippen molar-refractivity contribution in [2.45, 2.75) is 63.2 Å². The molecule has 1 saturated heterocycles. The first-order valence-corrected chi connectivity index (χ1v) is 9.72. The van der Waals surface area contributed by atoms with Gasteiger partial charge in [-0.2, -0.15) is 0 Å². The standard InChI is InChI=1S/C20H26N4O3/c21-20(7-2-8-20)9-10-22-11-13-3-1-4-14-15(13)12-24(19(14)27)16-5-6-17(25)23-18(16)26/h1,3-4,16,22H,2,5-12,21H2,(H,23,25,26). The highest BCUT2D eigenvalue weighted by molar-refractivity contribution is 6.05. The molecule has 0 radical (unpaired) electrons. The summed E-state index contributed by atoms with van der Waals surface area (Å²) in [7, 11) is 0. The van der Waals surface area contributed by atoms with Gasteiger partial charge >= 0.3 is 0 Å². The summed E-state index contributed by atoms with van der Waals surface area (Å²) in [4.78, 5) is 37.9. The highest BCUT2D eigenvalue weighted by Gasteiger charge is 2.39. The van der Waals surface area contributed by atoms with Crippen LogP contribution in [0.4, 0.5) is 0 Å². The second kappa shape index (κ2) is 7.05. The fourth-order valence-electron chi connectivity index (χ4n) is 4.26. The zero-order valence-electron chi connectivity index (χ0n) is 15.4. The first-order valence-electron chi connectivity index (χ1n) is 9.72. The van der Waals surface area contributed by atoms with Crippen LogP contribution < -0.4 is 16.4 Å². The Hall–Kier alpha value is -2.25. The third-order valence-corrected chi connectivity index (χ3v) is 6.14. The van der Waals surface area contributed by atoms with Crippen molar-refractivity contribution in [3.8, 4) is 0 Å². The van der Waals surface area contributed by atoms with E-state index in [1.165, 1.54) is 6.42 Å². The topological polar surface area (TPSA) is 105 Å². The Morgan fingerprint density at radius 3 is 2.78 bits per heavy atom. The van der Waals surface area contributed by atoms with Crippen LogP contribution in [-0.4, -0.2) is 40.7 Å². The average molecular weight is 370 g/mol. The Kier molecular flexibility index (Phi) is 4.74. The number of fused-ring (bicyclic) bond motifs is 1. The van der Waals surface area contributed by atoms with Gasteiger partial charge in [-0.15, -0.1) is 0 Å². The number of rotatable bonds is 6. The molecule has 3 amide bonds. The van der Waals surface area contributed by atoms with Gasteiger partial charge in [0.25, 0.3) is 5.91 Å². The van der Waals surface area contributed by atoms with Crippen molar-refractivity contribution in [1.29, 1.82) is 0 Å². The van der Waals surface area contributed by atoms with E-state index >= 15 is 0 Å². The summed E-state index contributed by atoms with van der Waals surface area (Å²) in [5, 5.41) is 5.79. The van der Waals surface area contributed by atoms with Gasteiger partial charge < -0.3 is 16.0 Å². The van der Waals surface area contributed by atoms with Crippen LogP contribution >= 0.6 is 0 Å². The van der Waals surface area contributed by atoms with Crippen molar-refractivity contribution in [3.05, 3.63) is 34.9 Å². The molecule has 4 rings (SSSR count). The SMILES string of the molecule is NC1(CCNCc2cccc3c2CN(C2CCC(=O)NC2=O)C3=O)CCC1. The Bertz CT molecular complexity index is 787. The smallest absolute Gasteiger partial charge is 0.255 e. The molecule has 27 heavy (non-hydrogen) atoms. The molecule has 1 saturated carbocycles. The number of hydrogen-bond acceptors (Lipinski definition) is 5. The average Bonchev–Trinajstić information content (AvgIpc) is 2.95. The predicted octanol–water partition coefficient (Wildman–Crippen LogP) is 0.809. The van der Waals surface area contributed by atoms with E-state index in [2.05, 4.69) is 10.6 Å². The molecule has 7 heteroatoms. The van der Waals surface area contributed by atoms with Gasteiger partial charge in [0.1, 0.15) is 6.04 Å². The third-order valence-electron chi connectivity index (χ3n) is 6.14. The van der Waals surface area contributed by atoms with E-state index in [1.54, 1.807) is 4.90 Å². The summed E-state index contributed by atoms with van der Waals surface area (Å²) < 4.78 is 0. The van der Waals surface area contributed by atoms with Crippen molar-refractivity contribution in [2.75, 3.05) is 6.54 Å². The lowest BCUT2D eigenvalue weighted by molar-refractivity contribution is -0.136. The molecule has 1 aliphatic carbocycles. The molecular formula is C20H26N4O3. The monoisotopic (exact) mass is 370 g/mol. The van der Waals surface area contributed by atoms with E-state index in [4.69, 9.17) is 5.73 Å². The van der Waals surface area contributed by atoms with Gasteiger partial charge in [-0.1, -0.05) is 12.1 Å². The van der Waals surface area contributed by atoms with E-state index < -0.39 is 6.04 Å². The van der Waals surface area contributed by atoms with Crippen LogP contribution in [0.5, 0.6) is 0 Å². The first kappa shape index (κ1) is 18.1. The summed E-state index contributed by atoms with van der Waals surface area (Å²) in [5.41, 5.74) is 8.98. The molecule has 2 heterocycles. The summed E-state index contributed by atoms with van der Waals surface area (Å²) in [6.07, 6.45) is 5.04. The number of nitrogens with two attached hydrogens (primary N) is 1. The first-order chi connectivity index (χ1) is 13.0. The van der Waals surface area contributed by atoms with Crippen LogP contribution in [0.15, 0.2) is 18.2 Å². The number of nitrogens with zero attached hydrogens (tertiary/aromatic N) is 1. The molecule has 0 bridgehead atoms. The number of imide groups is 1. The van der Waals surface area contributed by atoms with Crippen LogP contribution in [0.3, 0.4) is 0 Å².